The van der Waals surface area contributed by atoms with Gasteiger partial charge in [0.1, 0.15) is 4.90 Å². The SMILES string of the molecule is Cc1nn(S(=O)(=O)c2ccc(C(C)(C)C)cc2)c(C)c1S(=O)(=O)N(C)c1ccccc1. The van der Waals surface area contributed by atoms with Crippen LogP contribution in [0.15, 0.2) is 64.4 Å². The highest BCUT2D eigenvalue weighted by atomic mass is 32.2. The van der Waals surface area contributed by atoms with Crippen LogP contribution in [0.3, 0.4) is 0 Å². The van der Waals surface area contributed by atoms with Gasteiger partial charge in [0.2, 0.25) is 0 Å². The molecular formula is C22H27N3O4S2. The van der Waals surface area contributed by atoms with Gasteiger partial charge in [-0.25, -0.2) is 8.42 Å². The van der Waals surface area contributed by atoms with Crippen LogP contribution >= 0.6 is 0 Å². The lowest BCUT2D eigenvalue weighted by Crippen LogP contribution is -2.27. The van der Waals surface area contributed by atoms with Crippen LogP contribution in [0.5, 0.6) is 0 Å². The lowest BCUT2D eigenvalue weighted by molar-refractivity contribution is 0.575. The average Bonchev–Trinajstić information content (AvgIpc) is 3.03. The van der Waals surface area contributed by atoms with Gasteiger partial charge in [0.05, 0.1) is 22.0 Å². The number of sulfonamides is 1. The van der Waals surface area contributed by atoms with E-state index in [4.69, 9.17) is 0 Å². The summed E-state index contributed by atoms with van der Waals surface area (Å²) in [6.07, 6.45) is 0. The van der Waals surface area contributed by atoms with Crippen molar-refractivity contribution in [2.45, 2.75) is 49.8 Å². The van der Waals surface area contributed by atoms with Crippen LogP contribution in [0.2, 0.25) is 0 Å². The van der Waals surface area contributed by atoms with Gasteiger partial charge in [0, 0.05) is 7.05 Å². The largest absolute Gasteiger partial charge is 0.283 e. The molecule has 7 nitrogen and oxygen atoms in total. The van der Waals surface area contributed by atoms with E-state index in [2.05, 4.69) is 5.10 Å². The molecule has 0 fully saturated rings. The Morgan fingerprint density at radius 2 is 1.42 bits per heavy atom. The lowest BCUT2D eigenvalue weighted by Gasteiger charge is -2.20. The van der Waals surface area contributed by atoms with Crippen LogP contribution in [0.1, 0.15) is 37.7 Å². The van der Waals surface area contributed by atoms with Gasteiger partial charge in [-0.15, -0.1) is 0 Å². The van der Waals surface area contributed by atoms with Crippen molar-refractivity contribution in [1.29, 1.82) is 0 Å². The molecule has 0 N–H and O–H groups in total. The third-order valence-corrected chi connectivity index (χ3v) is 8.89. The Kier molecular flexibility index (Phi) is 5.79. The number of hydrogen-bond acceptors (Lipinski definition) is 5. The van der Waals surface area contributed by atoms with Crippen LogP contribution in [0.4, 0.5) is 5.69 Å². The van der Waals surface area contributed by atoms with Crippen molar-refractivity contribution in [3.63, 3.8) is 0 Å². The lowest BCUT2D eigenvalue weighted by atomic mass is 9.87. The first-order valence-corrected chi connectivity index (χ1v) is 12.6. The predicted molar refractivity (Wildman–Crippen MR) is 121 cm³/mol. The van der Waals surface area contributed by atoms with E-state index in [-0.39, 0.29) is 26.6 Å². The topological polar surface area (TPSA) is 89.3 Å². The highest BCUT2D eigenvalue weighted by Crippen LogP contribution is 2.29. The molecule has 0 aliphatic heterocycles. The highest BCUT2D eigenvalue weighted by molar-refractivity contribution is 7.93. The van der Waals surface area contributed by atoms with Crippen molar-refractivity contribution in [2.24, 2.45) is 0 Å². The zero-order valence-corrected chi connectivity index (χ0v) is 20.1. The van der Waals surface area contributed by atoms with Gasteiger partial charge in [-0.2, -0.15) is 17.6 Å². The molecule has 0 atom stereocenters. The van der Waals surface area contributed by atoms with Crippen molar-refractivity contribution < 1.29 is 16.8 Å². The Bertz CT molecular complexity index is 1300. The molecule has 9 heteroatoms. The first kappa shape index (κ1) is 23.0. The van der Waals surface area contributed by atoms with E-state index < -0.39 is 20.0 Å². The molecule has 0 unspecified atom stereocenters. The smallest absolute Gasteiger partial charge is 0.269 e. The Balaban J connectivity index is 2.09. The van der Waals surface area contributed by atoms with Crippen LogP contribution in [0.25, 0.3) is 0 Å². The van der Waals surface area contributed by atoms with Crippen molar-refractivity contribution >= 4 is 25.7 Å². The van der Waals surface area contributed by atoms with Gasteiger partial charge < -0.3 is 0 Å². The summed E-state index contributed by atoms with van der Waals surface area (Å²) in [6, 6.07) is 15.2. The minimum Gasteiger partial charge on any atom is -0.269 e. The number of para-hydroxylation sites is 1. The number of benzene rings is 2. The summed E-state index contributed by atoms with van der Waals surface area (Å²) in [5, 5.41) is 4.09. The fourth-order valence-electron chi connectivity index (χ4n) is 3.35. The van der Waals surface area contributed by atoms with Crippen molar-refractivity contribution in [2.75, 3.05) is 11.4 Å². The molecule has 0 aliphatic rings. The average molecular weight is 462 g/mol. The number of rotatable bonds is 5. The quantitative estimate of drug-likeness (QED) is 0.576. The molecule has 3 aromatic rings. The number of aryl methyl sites for hydroxylation is 1. The van der Waals surface area contributed by atoms with E-state index in [0.29, 0.717) is 5.69 Å². The van der Waals surface area contributed by atoms with E-state index in [1.54, 1.807) is 42.5 Å². The summed E-state index contributed by atoms with van der Waals surface area (Å²) in [5.41, 5.74) is 1.50. The minimum absolute atomic E-state index is 0.0418. The van der Waals surface area contributed by atoms with E-state index in [9.17, 15) is 16.8 Å². The van der Waals surface area contributed by atoms with Crippen LogP contribution in [0, 0.1) is 13.8 Å². The molecule has 0 saturated heterocycles. The molecule has 31 heavy (non-hydrogen) atoms. The predicted octanol–water partition coefficient (Wildman–Crippen LogP) is 3.86. The number of hydrogen-bond donors (Lipinski definition) is 0. The van der Waals surface area contributed by atoms with E-state index in [1.807, 2.05) is 20.8 Å². The Morgan fingerprint density at radius 3 is 1.94 bits per heavy atom. The molecule has 1 aromatic heterocycles. The summed E-state index contributed by atoms with van der Waals surface area (Å²) < 4.78 is 55.0. The molecule has 166 valence electrons. The van der Waals surface area contributed by atoms with Gasteiger partial charge in [0.25, 0.3) is 20.0 Å². The summed E-state index contributed by atoms with van der Waals surface area (Å²) >= 11 is 0. The van der Waals surface area contributed by atoms with Gasteiger partial charge in [-0.1, -0.05) is 51.1 Å². The number of anilines is 1. The van der Waals surface area contributed by atoms with Gasteiger partial charge >= 0.3 is 0 Å². The second-order valence-electron chi connectivity index (χ2n) is 8.43. The summed E-state index contributed by atoms with van der Waals surface area (Å²) in [7, 11) is -6.65. The maximum atomic E-state index is 13.3. The molecule has 3 rings (SSSR count). The van der Waals surface area contributed by atoms with Gasteiger partial charge in [-0.05, 0) is 49.1 Å². The number of aromatic nitrogens is 2. The Hall–Kier alpha value is -2.65. The summed E-state index contributed by atoms with van der Waals surface area (Å²) in [5.74, 6) is 0. The molecular weight excluding hydrogens is 434 g/mol. The first-order valence-electron chi connectivity index (χ1n) is 9.74. The van der Waals surface area contributed by atoms with Gasteiger partial charge in [-0.3, -0.25) is 4.31 Å². The normalized spacial score (nSPS) is 12.7. The molecule has 0 aliphatic carbocycles. The minimum atomic E-state index is -4.06. The molecule has 2 aromatic carbocycles. The second-order valence-corrected chi connectivity index (χ2v) is 12.1. The molecule has 0 saturated carbocycles. The van der Waals surface area contributed by atoms with Gasteiger partial charge in [0.15, 0.2) is 0 Å². The molecule has 0 bridgehead atoms. The molecule has 0 amide bonds. The fourth-order valence-corrected chi connectivity index (χ4v) is 6.32. The third kappa shape index (κ3) is 4.12. The van der Waals surface area contributed by atoms with Crippen molar-refractivity contribution in [3.05, 3.63) is 71.5 Å². The monoisotopic (exact) mass is 461 g/mol. The summed E-state index contributed by atoms with van der Waals surface area (Å²) in [4.78, 5) is -0.0693. The zero-order valence-electron chi connectivity index (χ0n) is 18.5. The first-order chi connectivity index (χ1) is 14.3. The Labute approximate surface area is 184 Å². The highest BCUT2D eigenvalue weighted by Gasteiger charge is 2.33. The zero-order chi connectivity index (χ0) is 23.2. The third-order valence-electron chi connectivity index (χ3n) is 5.17. The number of nitrogens with zero attached hydrogens (tertiary/aromatic N) is 3. The van der Waals surface area contributed by atoms with Crippen molar-refractivity contribution in [3.8, 4) is 0 Å². The van der Waals surface area contributed by atoms with E-state index in [1.165, 1.54) is 33.0 Å². The van der Waals surface area contributed by atoms with Crippen LogP contribution < -0.4 is 4.31 Å². The van der Waals surface area contributed by atoms with Crippen molar-refractivity contribution in [1.82, 2.24) is 9.19 Å². The molecule has 0 spiro atoms. The molecule has 1 heterocycles. The molecule has 0 radical (unpaired) electrons. The second kappa shape index (κ2) is 7.80. The van der Waals surface area contributed by atoms with E-state index >= 15 is 0 Å². The standard InChI is InChI=1S/C22H27N3O4S2/c1-16-21(31(28,29)24(6)19-10-8-7-9-11-19)17(2)25(23-16)30(26,27)20-14-12-18(13-15-20)22(3,4)5/h7-15H,1-6H3. The van der Waals surface area contributed by atoms with Crippen LogP contribution in [-0.4, -0.2) is 33.1 Å². The van der Waals surface area contributed by atoms with E-state index in [0.717, 1.165) is 14.0 Å². The summed E-state index contributed by atoms with van der Waals surface area (Å²) in [6.45, 7) is 9.06. The maximum Gasteiger partial charge on any atom is 0.283 e. The van der Waals surface area contributed by atoms with Crippen LogP contribution in [-0.2, 0) is 25.5 Å². The fraction of sp³-hybridized carbons (Fsp3) is 0.318. The Morgan fingerprint density at radius 1 is 0.871 bits per heavy atom. The maximum absolute atomic E-state index is 13.3.